The van der Waals surface area contributed by atoms with Crippen molar-refractivity contribution in [2.75, 3.05) is 7.11 Å². The Morgan fingerprint density at radius 1 is 1.26 bits per heavy atom. The minimum Gasteiger partial charge on any atom is -0.478 e. The number of furan rings is 1. The van der Waals surface area contributed by atoms with Gasteiger partial charge in [-0.3, -0.25) is 9.59 Å². The van der Waals surface area contributed by atoms with E-state index in [9.17, 15) is 24.8 Å². The molecule has 0 saturated carbocycles. The summed E-state index contributed by atoms with van der Waals surface area (Å²) in [6.07, 6.45) is 1.29. The molecule has 0 unspecified atom stereocenters. The van der Waals surface area contributed by atoms with Gasteiger partial charge in [-0.05, 0) is 49.7 Å². The monoisotopic (exact) mass is 462 g/mol. The molecule has 0 aliphatic carbocycles. The smallest absolute Gasteiger partial charge is 0.335 e. The molecule has 0 spiro atoms. The van der Waals surface area contributed by atoms with E-state index in [-0.39, 0.29) is 24.3 Å². The number of pyridine rings is 1. The first-order valence-corrected chi connectivity index (χ1v) is 10.1. The Morgan fingerprint density at radius 2 is 2.03 bits per heavy atom. The normalized spacial score (nSPS) is 10.9. The van der Waals surface area contributed by atoms with E-state index < -0.39 is 17.4 Å². The Labute approximate surface area is 194 Å². The third kappa shape index (κ3) is 5.28. The number of aryl methyl sites for hydroxylation is 2. The van der Waals surface area contributed by atoms with Crippen LogP contribution in [0.4, 0.5) is 0 Å². The number of carboxylic acids is 1. The maximum absolute atomic E-state index is 12.6. The number of nitrogens with one attached hydrogen (secondary N) is 1. The summed E-state index contributed by atoms with van der Waals surface area (Å²) < 4.78 is 11.9. The molecule has 0 aliphatic rings. The van der Waals surface area contributed by atoms with Gasteiger partial charge in [0.15, 0.2) is 0 Å². The van der Waals surface area contributed by atoms with Crippen molar-refractivity contribution >= 4 is 18.1 Å². The second-order valence-electron chi connectivity index (χ2n) is 7.45. The predicted octanol–water partition coefficient (Wildman–Crippen LogP) is 2.59. The van der Waals surface area contributed by atoms with Crippen LogP contribution in [-0.4, -0.2) is 34.9 Å². The van der Waals surface area contributed by atoms with Crippen molar-refractivity contribution in [3.05, 3.63) is 80.5 Å². The van der Waals surface area contributed by atoms with Crippen LogP contribution in [0.2, 0.25) is 0 Å². The van der Waals surface area contributed by atoms with Crippen LogP contribution >= 0.6 is 0 Å². The molecule has 10 nitrogen and oxygen atoms in total. The number of methoxy groups -OCH3 is 1. The largest absolute Gasteiger partial charge is 0.478 e. The molecule has 2 aromatic heterocycles. The Morgan fingerprint density at radius 3 is 2.71 bits per heavy atom. The topological polar surface area (TPSA) is 147 Å². The van der Waals surface area contributed by atoms with E-state index in [1.807, 2.05) is 13.0 Å². The van der Waals surface area contributed by atoms with E-state index in [1.165, 1.54) is 30.0 Å². The number of aromatic carboxylic acids is 1. The molecular formula is C24H22N4O6. The van der Waals surface area contributed by atoms with Crippen LogP contribution in [0.5, 0.6) is 0 Å². The highest BCUT2D eigenvalue weighted by molar-refractivity contribution is 5.89. The molecule has 174 valence electrons. The van der Waals surface area contributed by atoms with Crippen LogP contribution in [0.15, 0.2) is 50.7 Å². The van der Waals surface area contributed by atoms with Gasteiger partial charge < -0.3 is 18.8 Å². The molecule has 34 heavy (non-hydrogen) atoms. The fraction of sp³-hybridized carbons (Fsp3) is 0.208. The minimum atomic E-state index is -1.04. The number of carbonyl (C=O) groups is 2. The van der Waals surface area contributed by atoms with Crippen molar-refractivity contribution in [2.45, 2.75) is 27.0 Å². The number of nitrogens with zero attached hydrogens (tertiary/aromatic N) is 3. The lowest BCUT2D eigenvalue weighted by molar-refractivity contribution is -0.121. The van der Waals surface area contributed by atoms with Gasteiger partial charge in [0.25, 0.3) is 11.5 Å². The van der Waals surface area contributed by atoms with Crippen molar-refractivity contribution in [2.24, 2.45) is 5.10 Å². The molecule has 0 radical (unpaired) electrons. The molecular weight excluding hydrogens is 440 g/mol. The zero-order chi connectivity index (χ0) is 24.8. The summed E-state index contributed by atoms with van der Waals surface area (Å²) >= 11 is 0. The lowest BCUT2D eigenvalue weighted by Crippen LogP contribution is -2.33. The maximum atomic E-state index is 12.6. The fourth-order valence-electron chi connectivity index (χ4n) is 3.35. The molecule has 0 aliphatic heterocycles. The quantitative estimate of drug-likeness (QED) is 0.386. The number of carboxylic acid groups (broad SMARTS) is 1. The van der Waals surface area contributed by atoms with Crippen LogP contribution in [0.25, 0.3) is 11.3 Å². The number of aromatic nitrogens is 1. The number of carbonyl (C=O) groups excluding carboxylic acids is 1. The highest BCUT2D eigenvalue weighted by Gasteiger charge is 2.15. The number of nitriles is 1. The minimum absolute atomic E-state index is 0.0749. The molecule has 3 aromatic rings. The molecule has 1 amide bonds. The van der Waals surface area contributed by atoms with Gasteiger partial charge in [0, 0.05) is 23.9 Å². The third-order valence-electron chi connectivity index (χ3n) is 5.06. The number of rotatable bonds is 8. The molecule has 2 heterocycles. The molecule has 0 saturated heterocycles. The highest BCUT2D eigenvalue weighted by Crippen LogP contribution is 2.26. The Kier molecular flexibility index (Phi) is 7.40. The van der Waals surface area contributed by atoms with Crippen molar-refractivity contribution in [1.29, 1.82) is 5.26 Å². The average molecular weight is 462 g/mol. The number of benzene rings is 1. The second kappa shape index (κ2) is 10.4. The molecule has 0 atom stereocenters. The Balaban J connectivity index is 1.71. The zero-order valence-corrected chi connectivity index (χ0v) is 18.8. The first kappa shape index (κ1) is 24.2. The standard InChI is InChI=1S/C24H22N4O6/c1-14-4-5-16(24(31)32)9-19(14)21-7-6-18(34-21)11-26-27-22(29)12-28-15(2)8-17(13-33-3)20(10-25)23(28)30/h4-9,11H,12-13H2,1-3H3,(H,27,29)(H,31,32)/b26-11+. The van der Waals surface area contributed by atoms with Crippen LogP contribution in [-0.2, 0) is 22.7 Å². The van der Waals surface area contributed by atoms with Crippen molar-refractivity contribution < 1.29 is 23.8 Å². The van der Waals surface area contributed by atoms with Crippen LogP contribution in [0.3, 0.4) is 0 Å². The Bertz CT molecular complexity index is 1380. The number of ether oxygens (including phenoxy) is 1. The van der Waals surface area contributed by atoms with E-state index in [4.69, 9.17) is 9.15 Å². The number of hydrogen-bond acceptors (Lipinski definition) is 7. The van der Waals surface area contributed by atoms with Gasteiger partial charge in [-0.2, -0.15) is 10.4 Å². The Hall–Kier alpha value is -4.49. The summed E-state index contributed by atoms with van der Waals surface area (Å²) in [5.74, 6) is -0.821. The highest BCUT2D eigenvalue weighted by atomic mass is 16.5. The summed E-state index contributed by atoms with van der Waals surface area (Å²) in [5.41, 5.74) is 4.23. The van der Waals surface area contributed by atoms with E-state index in [1.54, 1.807) is 31.2 Å². The number of amides is 1. The zero-order valence-electron chi connectivity index (χ0n) is 18.8. The molecule has 1 aromatic carbocycles. The van der Waals surface area contributed by atoms with Crippen LogP contribution < -0.4 is 11.0 Å². The van der Waals surface area contributed by atoms with E-state index in [2.05, 4.69) is 10.5 Å². The van der Waals surface area contributed by atoms with Gasteiger partial charge in [-0.25, -0.2) is 10.2 Å². The van der Waals surface area contributed by atoms with Gasteiger partial charge in [0.1, 0.15) is 29.7 Å². The fourth-order valence-corrected chi connectivity index (χ4v) is 3.35. The predicted molar refractivity (Wildman–Crippen MR) is 122 cm³/mol. The summed E-state index contributed by atoms with van der Waals surface area (Å²) in [7, 11) is 1.46. The van der Waals surface area contributed by atoms with E-state index >= 15 is 0 Å². The SMILES string of the molecule is COCc1cc(C)n(CC(=O)N/N=C/c2ccc(-c3cc(C(=O)O)ccc3C)o2)c(=O)c1C#N. The van der Waals surface area contributed by atoms with Crippen LogP contribution in [0.1, 0.15) is 38.5 Å². The van der Waals surface area contributed by atoms with Gasteiger partial charge in [-0.15, -0.1) is 0 Å². The third-order valence-corrected chi connectivity index (χ3v) is 5.06. The lowest BCUT2D eigenvalue weighted by atomic mass is 10.0. The molecule has 3 rings (SSSR count). The summed E-state index contributed by atoms with van der Waals surface area (Å²) in [5, 5.41) is 22.3. The molecule has 10 heteroatoms. The van der Waals surface area contributed by atoms with Crippen molar-refractivity contribution in [3.8, 4) is 17.4 Å². The summed E-state index contributed by atoms with van der Waals surface area (Å²) in [6, 6.07) is 11.5. The van der Waals surface area contributed by atoms with Crippen molar-refractivity contribution in [1.82, 2.24) is 9.99 Å². The molecule has 2 N–H and O–H groups in total. The van der Waals surface area contributed by atoms with E-state index in [0.29, 0.717) is 28.3 Å². The lowest BCUT2D eigenvalue weighted by Gasteiger charge is -2.12. The summed E-state index contributed by atoms with van der Waals surface area (Å²) in [4.78, 5) is 36.1. The first-order chi connectivity index (χ1) is 16.2. The average Bonchev–Trinajstić information content (AvgIpc) is 3.26. The number of hydrogen-bond donors (Lipinski definition) is 2. The van der Waals surface area contributed by atoms with Crippen LogP contribution in [0, 0.1) is 25.2 Å². The maximum Gasteiger partial charge on any atom is 0.335 e. The number of hydrazone groups is 1. The van der Waals surface area contributed by atoms with Gasteiger partial charge in [-0.1, -0.05) is 6.07 Å². The van der Waals surface area contributed by atoms with Gasteiger partial charge in [0.2, 0.25) is 0 Å². The van der Waals surface area contributed by atoms with E-state index in [0.717, 1.165) is 5.56 Å². The molecule has 0 fully saturated rings. The van der Waals surface area contributed by atoms with Gasteiger partial charge in [0.05, 0.1) is 18.4 Å². The first-order valence-electron chi connectivity index (χ1n) is 10.1. The van der Waals surface area contributed by atoms with Gasteiger partial charge >= 0.3 is 5.97 Å². The molecule has 0 bridgehead atoms. The van der Waals surface area contributed by atoms with Crippen molar-refractivity contribution in [3.63, 3.8) is 0 Å². The second-order valence-corrected chi connectivity index (χ2v) is 7.45. The summed E-state index contributed by atoms with van der Waals surface area (Å²) in [6.45, 7) is 3.28.